The average molecular weight is 398 g/mol. The number of imide groups is 1. The quantitative estimate of drug-likeness (QED) is 0.775. The lowest BCUT2D eigenvalue weighted by Gasteiger charge is -2.17. The fraction of sp³-hybridized carbons (Fsp3) is 0.0588. The van der Waals surface area contributed by atoms with E-state index in [1.54, 1.807) is 36.4 Å². The zero-order chi connectivity index (χ0) is 18.1. The minimum absolute atomic E-state index is 0.0454. The highest BCUT2D eigenvalue weighted by molar-refractivity contribution is 6.54. The number of methoxy groups -OCH3 is 1. The molecule has 0 aromatic heterocycles. The highest BCUT2D eigenvalue weighted by Crippen LogP contribution is 2.37. The largest absolute Gasteiger partial charge is 0.497 e. The Morgan fingerprint density at radius 3 is 2.44 bits per heavy atom. The number of carbonyl (C=O) groups excluding carboxylic acids is 2. The van der Waals surface area contributed by atoms with Crippen LogP contribution in [0.4, 0.5) is 11.4 Å². The fourth-order valence-corrected chi connectivity index (χ4v) is 2.93. The van der Waals surface area contributed by atoms with Gasteiger partial charge in [-0.1, -0.05) is 46.9 Å². The first kappa shape index (κ1) is 17.6. The Labute approximate surface area is 158 Å². The van der Waals surface area contributed by atoms with Crippen molar-refractivity contribution in [3.63, 3.8) is 0 Å². The normalized spacial score (nSPS) is 14.3. The molecule has 0 spiro atoms. The second kappa shape index (κ2) is 6.96. The molecule has 2 aromatic carbocycles. The Kier molecular flexibility index (Phi) is 4.90. The van der Waals surface area contributed by atoms with Crippen LogP contribution >= 0.6 is 34.8 Å². The van der Waals surface area contributed by atoms with Crippen molar-refractivity contribution in [3.8, 4) is 5.75 Å². The monoisotopic (exact) mass is 396 g/mol. The molecule has 128 valence electrons. The van der Waals surface area contributed by atoms with Crippen LogP contribution in [0, 0.1) is 0 Å². The van der Waals surface area contributed by atoms with Crippen LogP contribution in [0.1, 0.15) is 0 Å². The minimum Gasteiger partial charge on any atom is -0.497 e. The van der Waals surface area contributed by atoms with Crippen LogP contribution in [0.15, 0.2) is 53.2 Å². The third-order valence-electron chi connectivity index (χ3n) is 3.54. The number of nitrogens with one attached hydrogen (secondary N) is 1. The van der Waals surface area contributed by atoms with Crippen LogP contribution in [-0.4, -0.2) is 18.9 Å². The van der Waals surface area contributed by atoms with Crippen molar-refractivity contribution in [1.82, 2.24) is 0 Å². The van der Waals surface area contributed by atoms with Gasteiger partial charge in [-0.2, -0.15) is 0 Å². The van der Waals surface area contributed by atoms with Gasteiger partial charge in [0.25, 0.3) is 11.8 Å². The number of hydrogen-bond acceptors (Lipinski definition) is 4. The fourth-order valence-electron chi connectivity index (χ4n) is 2.34. The topological polar surface area (TPSA) is 58.6 Å². The summed E-state index contributed by atoms with van der Waals surface area (Å²) in [6.07, 6.45) is 0. The van der Waals surface area contributed by atoms with Gasteiger partial charge in [0.15, 0.2) is 0 Å². The van der Waals surface area contributed by atoms with Gasteiger partial charge in [-0.25, -0.2) is 4.90 Å². The molecule has 0 radical (unpaired) electrons. The molecular formula is C17H11Cl3N2O3. The highest BCUT2D eigenvalue weighted by Gasteiger charge is 2.40. The van der Waals surface area contributed by atoms with E-state index in [9.17, 15) is 9.59 Å². The van der Waals surface area contributed by atoms with Crippen LogP contribution in [0.5, 0.6) is 5.75 Å². The Hall–Kier alpha value is -2.21. The molecule has 25 heavy (non-hydrogen) atoms. The lowest BCUT2D eigenvalue weighted by Crippen LogP contribution is -2.32. The summed E-state index contributed by atoms with van der Waals surface area (Å²) >= 11 is 18.2. The summed E-state index contributed by atoms with van der Waals surface area (Å²) in [6, 6.07) is 11.5. The number of carbonyl (C=O) groups is 2. The number of nitrogens with zero attached hydrogens (tertiary/aromatic N) is 1. The number of benzene rings is 2. The molecule has 0 saturated heterocycles. The van der Waals surface area contributed by atoms with Gasteiger partial charge >= 0.3 is 0 Å². The number of ether oxygens (including phenoxy) is 1. The van der Waals surface area contributed by atoms with Gasteiger partial charge in [-0.15, -0.1) is 0 Å². The maximum atomic E-state index is 12.7. The average Bonchev–Trinajstić information content (AvgIpc) is 2.81. The van der Waals surface area contributed by atoms with Gasteiger partial charge in [-0.3, -0.25) is 9.59 Å². The molecule has 0 aliphatic carbocycles. The smallest absolute Gasteiger partial charge is 0.283 e. The molecule has 5 nitrogen and oxygen atoms in total. The van der Waals surface area contributed by atoms with Crippen molar-refractivity contribution in [3.05, 3.63) is 63.2 Å². The first-order valence-electron chi connectivity index (χ1n) is 7.07. The number of rotatable bonds is 4. The van der Waals surface area contributed by atoms with Crippen LogP contribution in [0.25, 0.3) is 0 Å². The molecule has 0 atom stereocenters. The van der Waals surface area contributed by atoms with Crippen molar-refractivity contribution in [2.45, 2.75) is 0 Å². The van der Waals surface area contributed by atoms with E-state index < -0.39 is 11.8 Å². The SMILES string of the molecule is COc1cccc(NC2=C(Cl)C(=O)N(c3cccc(Cl)c3Cl)C2=O)c1. The summed E-state index contributed by atoms with van der Waals surface area (Å²) in [5.74, 6) is -0.712. The second-order valence-corrected chi connectivity index (χ2v) is 6.23. The molecule has 1 aliphatic rings. The molecule has 2 amide bonds. The van der Waals surface area contributed by atoms with Gasteiger partial charge in [0.2, 0.25) is 0 Å². The summed E-state index contributed by atoms with van der Waals surface area (Å²) in [5.41, 5.74) is 0.674. The minimum atomic E-state index is -0.679. The summed E-state index contributed by atoms with van der Waals surface area (Å²) in [7, 11) is 1.53. The predicted octanol–water partition coefficient (Wildman–Crippen LogP) is 4.44. The summed E-state index contributed by atoms with van der Waals surface area (Å²) in [5, 5.41) is 2.95. The number of hydrogen-bond donors (Lipinski definition) is 1. The van der Waals surface area contributed by atoms with Crippen molar-refractivity contribution in [2.75, 3.05) is 17.3 Å². The molecule has 1 N–H and O–H groups in total. The van der Waals surface area contributed by atoms with E-state index in [-0.39, 0.29) is 26.5 Å². The Balaban J connectivity index is 1.95. The van der Waals surface area contributed by atoms with E-state index in [4.69, 9.17) is 39.5 Å². The van der Waals surface area contributed by atoms with Crippen molar-refractivity contribution in [1.29, 1.82) is 0 Å². The van der Waals surface area contributed by atoms with E-state index >= 15 is 0 Å². The standard InChI is InChI=1S/C17H11Cl3N2O3/c1-25-10-5-2-4-9(8-10)21-15-14(20)16(23)22(17(15)24)12-7-3-6-11(18)13(12)19/h2-8,21H,1H3. The zero-order valence-corrected chi connectivity index (χ0v) is 15.1. The van der Waals surface area contributed by atoms with E-state index in [2.05, 4.69) is 5.32 Å². The summed E-state index contributed by atoms with van der Waals surface area (Å²) < 4.78 is 5.13. The first-order valence-corrected chi connectivity index (χ1v) is 8.21. The zero-order valence-electron chi connectivity index (χ0n) is 12.8. The Bertz CT molecular complexity index is 912. The summed E-state index contributed by atoms with van der Waals surface area (Å²) in [4.78, 5) is 26.1. The maximum Gasteiger partial charge on any atom is 0.283 e. The first-order chi connectivity index (χ1) is 11.9. The number of anilines is 2. The van der Waals surface area contributed by atoms with E-state index in [1.165, 1.54) is 13.2 Å². The second-order valence-electron chi connectivity index (χ2n) is 5.06. The Morgan fingerprint density at radius 2 is 1.72 bits per heavy atom. The maximum absolute atomic E-state index is 12.7. The van der Waals surface area contributed by atoms with Crippen LogP contribution in [0.3, 0.4) is 0 Å². The molecule has 0 fully saturated rings. The molecule has 1 aliphatic heterocycles. The molecule has 8 heteroatoms. The lowest BCUT2D eigenvalue weighted by molar-refractivity contribution is -0.120. The van der Waals surface area contributed by atoms with E-state index in [0.717, 1.165) is 4.90 Å². The van der Waals surface area contributed by atoms with Crippen molar-refractivity contribution < 1.29 is 14.3 Å². The highest BCUT2D eigenvalue weighted by atomic mass is 35.5. The van der Waals surface area contributed by atoms with E-state index in [1.807, 2.05) is 0 Å². The van der Waals surface area contributed by atoms with Crippen molar-refractivity contribution in [2.24, 2.45) is 0 Å². The molecule has 0 saturated carbocycles. The van der Waals surface area contributed by atoms with Gasteiger partial charge in [0.1, 0.15) is 16.5 Å². The van der Waals surface area contributed by atoms with Gasteiger partial charge in [0.05, 0.1) is 22.8 Å². The Morgan fingerprint density at radius 1 is 1.00 bits per heavy atom. The van der Waals surface area contributed by atoms with Gasteiger partial charge in [0, 0.05) is 11.8 Å². The van der Waals surface area contributed by atoms with Crippen molar-refractivity contribution >= 4 is 58.0 Å². The molecule has 2 aromatic rings. The van der Waals surface area contributed by atoms with Gasteiger partial charge < -0.3 is 10.1 Å². The molecule has 3 rings (SSSR count). The number of halogens is 3. The molecule has 0 bridgehead atoms. The lowest BCUT2D eigenvalue weighted by atomic mass is 10.2. The van der Waals surface area contributed by atoms with Crippen LogP contribution in [-0.2, 0) is 9.59 Å². The molecule has 0 unspecified atom stereocenters. The van der Waals surface area contributed by atoms with Gasteiger partial charge in [-0.05, 0) is 24.3 Å². The third kappa shape index (κ3) is 3.18. The van der Waals surface area contributed by atoms with E-state index in [0.29, 0.717) is 11.4 Å². The third-order valence-corrected chi connectivity index (χ3v) is 4.70. The molecule has 1 heterocycles. The van der Waals surface area contributed by atoms with Crippen LogP contribution in [0.2, 0.25) is 10.0 Å². The predicted molar refractivity (Wildman–Crippen MR) is 98.5 cm³/mol. The molecular weight excluding hydrogens is 387 g/mol. The number of amides is 2. The summed E-state index contributed by atoms with van der Waals surface area (Å²) in [6.45, 7) is 0. The van der Waals surface area contributed by atoms with Crippen LogP contribution < -0.4 is 15.0 Å².